The van der Waals surface area contributed by atoms with Crippen molar-refractivity contribution >= 4 is 23.2 Å². The molecule has 1 heterocycles. The van der Waals surface area contributed by atoms with Crippen LogP contribution in [0.5, 0.6) is 0 Å². The van der Waals surface area contributed by atoms with Crippen molar-refractivity contribution in [2.45, 2.75) is 25.8 Å². The van der Waals surface area contributed by atoms with Gasteiger partial charge in [0.25, 0.3) is 0 Å². The van der Waals surface area contributed by atoms with Crippen LogP contribution >= 0.6 is 11.6 Å². The van der Waals surface area contributed by atoms with Gasteiger partial charge in [-0.3, -0.25) is 4.79 Å². The molecule has 0 aliphatic heterocycles. The Morgan fingerprint density at radius 2 is 2.09 bits per heavy atom. The Morgan fingerprint density at radius 1 is 1.36 bits per heavy atom. The number of nitrogens with zero attached hydrogens (tertiary/aromatic N) is 1. The lowest BCUT2D eigenvalue weighted by Gasteiger charge is -2.15. The maximum Gasteiger partial charge on any atom is 0.199 e. The van der Waals surface area contributed by atoms with Crippen LogP contribution in [0.3, 0.4) is 0 Å². The summed E-state index contributed by atoms with van der Waals surface area (Å²) in [4.78, 5) is 16.3. The van der Waals surface area contributed by atoms with E-state index >= 15 is 0 Å². The van der Waals surface area contributed by atoms with E-state index in [-0.39, 0.29) is 27.5 Å². The molecule has 0 bridgehead atoms. The first-order valence-corrected chi connectivity index (χ1v) is 7.33. The molecule has 0 spiro atoms. The van der Waals surface area contributed by atoms with Gasteiger partial charge in [-0.05, 0) is 24.6 Å². The lowest BCUT2D eigenvalue weighted by Crippen LogP contribution is -2.15. The zero-order chi connectivity index (χ0) is 16.3. The van der Waals surface area contributed by atoms with Gasteiger partial charge in [-0.2, -0.15) is 0 Å². The minimum absolute atomic E-state index is 0.0479. The van der Waals surface area contributed by atoms with Crippen LogP contribution in [0.25, 0.3) is 0 Å². The summed E-state index contributed by atoms with van der Waals surface area (Å²) in [6, 6.07) is 5.51. The number of benzene rings is 1. The van der Waals surface area contributed by atoms with Gasteiger partial charge in [0.1, 0.15) is 11.6 Å². The van der Waals surface area contributed by atoms with E-state index in [1.807, 2.05) is 6.92 Å². The third kappa shape index (κ3) is 3.26. The van der Waals surface area contributed by atoms with Crippen molar-refractivity contribution in [3.05, 3.63) is 58.0 Å². The molecule has 4 N–H and O–H groups in total. The highest BCUT2D eigenvalue weighted by molar-refractivity contribution is 6.35. The molecule has 2 aromatic rings. The lowest BCUT2D eigenvalue weighted by atomic mass is 9.96. The smallest absolute Gasteiger partial charge is 0.199 e. The van der Waals surface area contributed by atoms with Crippen molar-refractivity contribution < 1.29 is 9.18 Å². The molecule has 0 saturated carbocycles. The Labute approximate surface area is 133 Å². The van der Waals surface area contributed by atoms with Gasteiger partial charge in [-0.15, -0.1) is 0 Å². The summed E-state index contributed by atoms with van der Waals surface area (Å²) in [5.41, 5.74) is 11.8. The van der Waals surface area contributed by atoms with Gasteiger partial charge in [0.2, 0.25) is 0 Å². The molecule has 0 aliphatic rings. The summed E-state index contributed by atoms with van der Waals surface area (Å²) in [5.74, 6) is -0.933. The maximum absolute atomic E-state index is 14.7. The van der Waals surface area contributed by atoms with Gasteiger partial charge < -0.3 is 11.5 Å². The highest BCUT2D eigenvalue weighted by Crippen LogP contribution is 2.29. The zero-order valence-corrected chi connectivity index (χ0v) is 12.9. The lowest BCUT2D eigenvalue weighted by molar-refractivity contribution is 0.103. The average molecular weight is 322 g/mol. The molecule has 2 rings (SSSR count). The molecule has 4 nitrogen and oxygen atoms in total. The first-order valence-electron chi connectivity index (χ1n) is 6.95. The summed E-state index contributed by atoms with van der Waals surface area (Å²) in [6.07, 6.45) is 2.73. The SMILES string of the molecule is CCC[C@@H](N)c1ccc(Cl)c(C(=O)c2ccc(N)nc2)c1F. The van der Waals surface area contributed by atoms with Gasteiger partial charge >= 0.3 is 0 Å². The number of carbonyl (C=O) groups is 1. The second-order valence-corrected chi connectivity index (χ2v) is 5.43. The van der Waals surface area contributed by atoms with Crippen LogP contribution in [0, 0.1) is 5.82 Å². The molecule has 1 atom stereocenters. The monoisotopic (exact) mass is 321 g/mol. The van der Waals surface area contributed by atoms with Crippen molar-refractivity contribution in [1.82, 2.24) is 4.98 Å². The van der Waals surface area contributed by atoms with Crippen molar-refractivity contribution in [2.75, 3.05) is 5.73 Å². The van der Waals surface area contributed by atoms with Gasteiger partial charge in [0.15, 0.2) is 5.78 Å². The summed E-state index contributed by atoms with van der Waals surface area (Å²) in [7, 11) is 0. The third-order valence-corrected chi connectivity index (χ3v) is 3.71. The highest BCUT2D eigenvalue weighted by Gasteiger charge is 2.23. The first-order chi connectivity index (χ1) is 10.5. The van der Waals surface area contributed by atoms with Crippen LogP contribution in [0.15, 0.2) is 30.5 Å². The molecule has 0 radical (unpaired) electrons. The van der Waals surface area contributed by atoms with E-state index < -0.39 is 17.6 Å². The van der Waals surface area contributed by atoms with E-state index in [1.165, 1.54) is 30.5 Å². The van der Waals surface area contributed by atoms with Crippen LogP contribution in [0.4, 0.5) is 10.2 Å². The van der Waals surface area contributed by atoms with E-state index in [2.05, 4.69) is 4.98 Å². The summed E-state index contributed by atoms with van der Waals surface area (Å²) in [5, 5.41) is 0.0479. The molecule has 1 aromatic heterocycles. The number of nitrogen functional groups attached to an aromatic ring is 1. The Morgan fingerprint density at radius 3 is 2.68 bits per heavy atom. The van der Waals surface area contributed by atoms with Crippen LogP contribution in [-0.2, 0) is 0 Å². The molecule has 0 amide bonds. The number of nitrogens with two attached hydrogens (primary N) is 2. The quantitative estimate of drug-likeness (QED) is 0.826. The molecule has 0 fully saturated rings. The number of ketones is 1. The number of aromatic nitrogens is 1. The van der Waals surface area contributed by atoms with Gasteiger partial charge in [-0.25, -0.2) is 9.37 Å². The van der Waals surface area contributed by atoms with Gasteiger partial charge in [0.05, 0.1) is 10.6 Å². The predicted molar refractivity (Wildman–Crippen MR) is 85.3 cm³/mol. The molecular formula is C16H17ClFN3O. The van der Waals surface area contributed by atoms with E-state index in [1.54, 1.807) is 0 Å². The molecular weight excluding hydrogens is 305 g/mol. The fourth-order valence-corrected chi connectivity index (χ4v) is 2.45. The van der Waals surface area contributed by atoms with Crippen molar-refractivity contribution in [3.8, 4) is 0 Å². The molecule has 0 saturated heterocycles. The van der Waals surface area contributed by atoms with Gasteiger partial charge in [-0.1, -0.05) is 31.0 Å². The third-order valence-electron chi connectivity index (χ3n) is 3.40. The van der Waals surface area contributed by atoms with E-state index in [4.69, 9.17) is 23.1 Å². The Hall–Kier alpha value is -1.98. The predicted octanol–water partition coefficient (Wildman–Crippen LogP) is 3.49. The van der Waals surface area contributed by atoms with Crippen LogP contribution in [-0.4, -0.2) is 10.8 Å². The van der Waals surface area contributed by atoms with Crippen molar-refractivity contribution in [1.29, 1.82) is 0 Å². The van der Waals surface area contributed by atoms with E-state index in [0.717, 1.165) is 6.42 Å². The maximum atomic E-state index is 14.7. The fraction of sp³-hybridized carbons (Fsp3) is 0.250. The second-order valence-electron chi connectivity index (χ2n) is 5.02. The molecule has 6 heteroatoms. The van der Waals surface area contributed by atoms with Gasteiger partial charge in [0, 0.05) is 23.4 Å². The van der Waals surface area contributed by atoms with Crippen molar-refractivity contribution in [3.63, 3.8) is 0 Å². The number of hydrogen-bond donors (Lipinski definition) is 2. The van der Waals surface area contributed by atoms with Crippen molar-refractivity contribution in [2.24, 2.45) is 5.73 Å². The standard InChI is InChI=1S/C16H17ClFN3O/c1-2-3-12(19)10-5-6-11(17)14(15(10)18)16(22)9-4-7-13(20)21-8-9/h4-8,12H,2-3,19H2,1H3,(H2,20,21)/t12-/m1/s1. The first kappa shape index (κ1) is 16.4. The van der Waals surface area contributed by atoms with Crippen LogP contribution in [0.2, 0.25) is 5.02 Å². The fourth-order valence-electron chi connectivity index (χ4n) is 2.21. The molecule has 0 aliphatic carbocycles. The second kappa shape index (κ2) is 6.85. The minimum atomic E-state index is -0.671. The Bertz CT molecular complexity index is 689. The molecule has 22 heavy (non-hydrogen) atoms. The van der Waals surface area contributed by atoms with E-state index in [0.29, 0.717) is 6.42 Å². The summed E-state index contributed by atoms with van der Waals surface area (Å²) >= 11 is 6.01. The zero-order valence-electron chi connectivity index (χ0n) is 12.1. The number of carbonyl (C=O) groups excluding carboxylic acids is 1. The molecule has 1 aromatic carbocycles. The molecule has 0 unspecified atom stereocenters. The highest BCUT2D eigenvalue weighted by atomic mass is 35.5. The summed E-state index contributed by atoms with van der Waals surface area (Å²) in [6.45, 7) is 1.96. The Kier molecular flexibility index (Phi) is 5.11. The number of pyridine rings is 1. The Balaban J connectivity index is 2.47. The number of halogens is 2. The number of anilines is 1. The van der Waals surface area contributed by atoms with E-state index in [9.17, 15) is 9.18 Å². The minimum Gasteiger partial charge on any atom is -0.384 e. The normalized spacial score (nSPS) is 12.2. The molecule has 116 valence electrons. The number of rotatable bonds is 5. The largest absolute Gasteiger partial charge is 0.384 e. The average Bonchev–Trinajstić information content (AvgIpc) is 2.48. The topological polar surface area (TPSA) is 82.0 Å². The van der Waals surface area contributed by atoms with Crippen LogP contribution < -0.4 is 11.5 Å². The summed E-state index contributed by atoms with van der Waals surface area (Å²) < 4.78 is 14.7. The number of hydrogen-bond acceptors (Lipinski definition) is 4. The van der Waals surface area contributed by atoms with Crippen LogP contribution in [0.1, 0.15) is 47.3 Å².